The number of amides is 1. The van der Waals surface area contributed by atoms with Gasteiger partial charge in [0.2, 0.25) is 5.91 Å². The van der Waals surface area contributed by atoms with Crippen LogP contribution in [0.4, 0.5) is 5.82 Å². The standard InChI is InChI=1S/C25H21N5O/c31-24-25(19-6-3-7-26-23(19)29-24)10-17-8-20-21(9-18(17)11-25)28-22(27-20)14-30-12-15-4-1-2-5-16(15)13-30/h1-9H,10-14H2,(H,27,28)(H,26,29,31). The molecule has 0 saturated carbocycles. The third-order valence-electron chi connectivity index (χ3n) is 7.11. The van der Waals surface area contributed by atoms with Crippen molar-refractivity contribution in [3.63, 3.8) is 0 Å². The molecule has 1 spiro atoms. The predicted octanol–water partition coefficient (Wildman–Crippen LogP) is 3.46. The maximum atomic E-state index is 12.9. The van der Waals surface area contributed by atoms with Crippen molar-refractivity contribution in [3.8, 4) is 0 Å². The van der Waals surface area contributed by atoms with Gasteiger partial charge in [0.15, 0.2) is 0 Å². The van der Waals surface area contributed by atoms with Crippen LogP contribution in [0.1, 0.15) is 33.6 Å². The fourth-order valence-electron chi connectivity index (χ4n) is 5.63. The van der Waals surface area contributed by atoms with Crippen LogP contribution >= 0.6 is 0 Å². The van der Waals surface area contributed by atoms with Crippen LogP contribution in [-0.2, 0) is 42.7 Å². The van der Waals surface area contributed by atoms with Crippen LogP contribution in [0.5, 0.6) is 0 Å². The monoisotopic (exact) mass is 407 g/mol. The lowest BCUT2D eigenvalue weighted by Crippen LogP contribution is -2.35. The fourth-order valence-corrected chi connectivity index (χ4v) is 5.63. The zero-order chi connectivity index (χ0) is 20.6. The van der Waals surface area contributed by atoms with E-state index in [1.165, 1.54) is 22.3 Å². The van der Waals surface area contributed by atoms with Crippen molar-refractivity contribution in [1.29, 1.82) is 0 Å². The summed E-state index contributed by atoms with van der Waals surface area (Å²) in [5, 5.41) is 2.98. The Morgan fingerprint density at radius 1 is 0.968 bits per heavy atom. The van der Waals surface area contributed by atoms with Crippen molar-refractivity contribution >= 4 is 22.8 Å². The molecule has 0 radical (unpaired) electrons. The SMILES string of the molecule is O=C1Nc2ncccc2C12Cc1cc3nc(CN4Cc5ccccc5C4)[nH]c3cc1C2. The zero-order valence-electron chi connectivity index (χ0n) is 17.0. The second kappa shape index (κ2) is 6.02. The molecule has 6 nitrogen and oxygen atoms in total. The highest BCUT2D eigenvalue weighted by molar-refractivity contribution is 6.06. The van der Waals surface area contributed by atoms with E-state index in [0.29, 0.717) is 18.7 Å². The van der Waals surface area contributed by atoms with Gasteiger partial charge in [-0.25, -0.2) is 9.97 Å². The van der Waals surface area contributed by atoms with E-state index in [9.17, 15) is 4.79 Å². The lowest BCUT2D eigenvalue weighted by Gasteiger charge is -2.20. The summed E-state index contributed by atoms with van der Waals surface area (Å²) in [7, 11) is 0. The van der Waals surface area contributed by atoms with Gasteiger partial charge in [0.25, 0.3) is 0 Å². The van der Waals surface area contributed by atoms with Gasteiger partial charge in [-0.3, -0.25) is 9.69 Å². The third kappa shape index (κ3) is 2.45. The molecule has 2 aromatic carbocycles. The lowest BCUT2D eigenvalue weighted by molar-refractivity contribution is -0.120. The highest BCUT2D eigenvalue weighted by Crippen LogP contribution is 2.47. The lowest BCUT2D eigenvalue weighted by atomic mass is 9.79. The first kappa shape index (κ1) is 17.2. The molecule has 7 rings (SSSR count). The maximum absolute atomic E-state index is 12.9. The number of anilines is 1. The summed E-state index contributed by atoms with van der Waals surface area (Å²) in [5.41, 5.74) is 7.77. The van der Waals surface area contributed by atoms with Gasteiger partial charge in [-0.1, -0.05) is 30.3 Å². The molecule has 1 atom stereocenters. The zero-order valence-corrected chi connectivity index (χ0v) is 17.0. The average Bonchev–Trinajstić information content (AvgIpc) is 3.50. The molecule has 1 unspecified atom stereocenters. The number of pyridine rings is 1. The highest BCUT2D eigenvalue weighted by atomic mass is 16.2. The molecule has 3 aliphatic rings. The molecule has 2 N–H and O–H groups in total. The van der Waals surface area contributed by atoms with E-state index in [4.69, 9.17) is 4.98 Å². The summed E-state index contributed by atoms with van der Waals surface area (Å²) in [5.74, 6) is 1.76. The number of nitrogens with zero attached hydrogens (tertiary/aromatic N) is 3. The Morgan fingerprint density at radius 2 is 1.74 bits per heavy atom. The Labute approximate surface area is 179 Å². The third-order valence-corrected chi connectivity index (χ3v) is 7.11. The smallest absolute Gasteiger partial charge is 0.237 e. The first-order valence-corrected chi connectivity index (χ1v) is 10.7. The fraction of sp³-hybridized carbons (Fsp3) is 0.240. The summed E-state index contributed by atoms with van der Waals surface area (Å²) in [6.45, 7) is 2.74. The summed E-state index contributed by atoms with van der Waals surface area (Å²) >= 11 is 0. The van der Waals surface area contributed by atoms with E-state index < -0.39 is 5.41 Å². The number of H-pyrrole nitrogens is 1. The Bertz CT molecular complexity index is 1320. The number of fused-ring (bicyclic) bond motifs is 5. The molecule has 2 aliphatic heterocycles. The van der Waals surface area contributed by atoms with Crippen LogP contribution < -0.4 is 5.32 Å². The van der Waals surface area contributed by atoms with Crippen LogP contribution in [0.2, 0.25) is 0 Å². The number of benzene rings is 2. The summed E-state index contributed by atoms with van der Waals surface area (Å²) in [6.07, 6.45) is 3.14. The number of hydrogen-bond donors (Lipinski definition) is 2. The van der Waals surface area contributed by atoms with Gasteiger partial charge >= 0.3 is 0 Å². The van der Waals surface area contributed by atoms with Gasteiger partial charge in [0.05, 0.1) is 23.0 Å². The van der Waals surface area contributed by atoms with Crippen molar-refractivity contribution in [3.05, 3.63) is 88.4 Å². The van der Waals surface area contributed by atoms with Crippen molar-refractivity contribution in [2.75, 3.05) is 5.32 Å². The molecular formula is C25H21N5O. The molecule has 152 valence electrons. The van der Waals surface area contributed by atoms with Crippen LogP contribution in [0.25, 0.3) is 11.0 Å². The minimum Gasteiger partial charge on any atom is -0.341 e. The van der Waals surface area contributed by atoms with E-state index in [2.05, 4.69) is 56.6 Å². The molecule has 2 aromatic heterocycles. The number of aromatic nitrogens is 3. The first-order chi connectivity index (χ1) is 15.2. The number of carbonyl (C=O) groups is 1. The largest absolute Gasteiger partial charge is 0.341 e. The van der Waals surface area contributed by atoms with Crippen LogP contribution in [0, 0.1) is 0 Å². The summed E-state index contributed by atoms with van der Waals surface area (Å²) in [4.78, 5) is 28.1. The van der Waals surface area contributed by atoms with Crippen LogP contribution in [0.15, 0.2) is 54.7 Å². The van der Waals surface area contributed by atoms with Gasteiger partial charge in [-0.05, 0) is 53.3 Å². The van der Waals surface area contributed by atoms with E-state index >= 15 is 0 Å². The summed E-state index contributed by atoms with van der Waals surface area (Å²) < 4.78 is 0. The number of hydrogen-bond acceptors (Lipinski definition) is 4. The molecular weight excluding hydrogens is 386 g/mol. The Morgan fingerprint density at radius 3 is 2.55 bits per heavy atom. The van der Waals surface area contributed by atoms with Crippen LogP contribution in [-0.4, -0.2) is 25.8 Å². The highest BCUT2D eigenvalue weighted by Gasteiger charge is 2.51. The van der Waals surface area contributed by atoms with E-state index in [1.807, 2.05) is 12.1 Å². The molecule has 1 aliphatic carbocycles. The van der Waals surface area contributed by atoms with Gasteiger partial charge < -0.3 is 10.3 Å². The van der Waals surface area contributed by atoms with Crippen molar-refractivity contribution in [2.24, 2.45) is 0 Å². The molecule has 4 heterocycles. The predicted molar refractivity (Wildman–Crippen MR) is 117 cm³/mol. The van der Waals surface area contributed by atoms with Gasteiger partial charge in [-0.2, -0.15) is 0 Å². The quantitative estimate of drug-likeness (QED) is 0.534. The number of nitrogens with one attached hydrogen (secondary N) is 2. The number of aromatic amines is 1. The molecule has 0 fully saturated rings. The topological polar surface area (TPSA) is 73.9 Å². The number of rotatable bonds is 2. The van der Waals surface area contributed by atoms with Gasteiger partial charge in [0, 0.05) is 24.8 Å². The van der Waals surface area contributed by atoms with Crippen molar-refractivity contribution in [1.82, 2.24) is 19.9 Å². The molecule has 0 saturated heterocycles. The molecule has 1 amide bonds. The molecule has 31 heavy (non-hydrogen) atoms. The number of carbonyl (C=O) groups excluding carboxylic acids is 1. The van der Waals surface area contributed by atoms with Crippen molar-refractivity contribution < 1.29 is 4.79 Å². The molecule has 4 aromatic rings. The van der Waals surface area contributed by atoms with E-state index in [1.54, 1.807) is 6.20 Å². The van der Waals surface area contributed by atoms with Gasteiger partial charge in [-0.15, -0.1) is 0 Å². The maximum Gasteiger partial charge on any atom is 0.237 e. The first-order valence-electron chi connectivity index (χ1n) is 10.7. The Kier molecular flexibility index (Phi) is 3.34. The van der Waals surface area contributed by atoms with Crippen LogP contribution in [0.3, 0.4) is 0 Å². The summed E-state index contributed by atoms with van der Waals surface area (Å²) in [6, 6.07) is 16.9. The Balaban J connectivity index is 1.18. The number of imidazole rings is 1. The van der Waals surface area contributed by atoms with Crippen molar-refractivity contribution in [2.45, 2.75) is 37.9 Å². The second-order valence-corrected chi connectivity index (χ2v) is 9.02. The normalized spacial score (nSPS) is 18.4. The van der Waals surface area contributed by atoms with E-state index in [0.717, 1.165) is 42.1 Å². The molecule has 0 bridgehead atoms. The minimum atomic E-state index is -0.533. The van der Waals surface area contributed by atoms with Gasteiger partial charge in [0.1, 0.15) is 11.6 Å². The second-order valence-electron chi connectivity index (χ2n) is 9.02. The van der Waals surface area contributed by atoms with E-state index in [-0.39, 0.29) is 5.91 Å². The average molecular weight is 407 g/mol. The minimum absolute atomic E-state index is 0.0586. The molecule has 6 heteroatoms. The Hall–Kier alpha value is -3.51.